The van der Waals surface area contributed by atoms with Crippen molar-refractivity contribution in [2.45, 2.75) is 4.90 Å². The number of nitrogens with zero attached hydrogens (tertiary/aromatic N) is 1. The minimum atomic E-state index is -3.80. The third-order valence-corrected chi connectivity index (χ3v) is 4.88. The molecule has 2 N–H and O–H groups in total. The number of benzene rings is 2. The molecule has 0 aliphatic rings. The summed E-state index contributed by atoms with van der Waals surface area (Å²) in [6.45, 7) is -0.281. The third-order valence-electron chi connectivity index (χ3n) is 3.21. The predicted molar refractivity (Wildman–Crippen MR) is 85.7 cm³/mol. The zero-order valence-corrected chi connectivity index (χ0v) is 13.5. The molecule has 9 nitrogen and oxygen atoms in total. The number of phenols is 1. The highest BCUT2D eigenvalue weighted by Gasteiger charge is 2.18. The number of hydrogen-bond donors (Lipinski definition) is 2. The van der Waals surface area contributed by atoms with Gasteiger partial charge >= 0.3 is 5.97 Å². The summed E-state index contributed by atoms with van der Waals surface area (Å²) in [4.78, 5) is 20.6. The van der Waals surface area contributed by atoms with Gasteiger partial charge < -0.3 is 14.9 Å². The maximum absolute atomic E-state index is 12.2. The average molecular weight is 367 g/mol. The lowest BCUT2D eigenvalue weighted by Gasteiger charge is -2.08. The number of carboxylic acid groups (broad SMARTS) is 1. The van der Waals surface area contributed by atoms with E-state index in [2.05, 4.69) is 0 Å². The second kappa shape index (κ2) is 7.18. The summed E-state index contributed by atoms with van der Waals surface area (Å²) in [5, 5.41) is 29.0. The van der Waals surface area contributed by atoms with Crippen LogP contribution in [-0.4, -0.2) is 41.9 Å². The Labute approximate surface area is 142 Å². The van der Waals surface area contributed by atoms with Crippen LogP contribution in [0.4, 0.5) is 5.69 Å². The number of aromatic hydroxyl groups is 1. The summed E-state index contributed by atoms with van der Waals surface area (Å²) in [5.74, 6) is -2.17. The zero-order valence-electron chi connectivity index (χ0n) is 12.7. The van der Waals surface area contributed by atoms with Gasteiger partial charge in [-0.2, -0.15) is 0 Å². The van der Waals surface area contributed by atoms with E-state index in [1.54, 1.807) is 0 Å². The fraction of sp³-hybridized carbons (Fsp3) is 0.133. The molecule has 2 aromatic carbocycles. The van der Waals surface area contributed by atoms with Gasteiger partial charge in [-0.05, 0) is 18.2 Å². The van der Waals surface area contributed by atoms with Gasteiger partial charge in [0.25, 0.3) is 5.69 Å². The van der Waals surface area contributed by atoms with Crippen LogP contribution in [0.15, 0.2) is 47.4 Å². The Morgan fingerprint density at radius 3 is 2.52 bits per heavy atom. The van der Waals surface area contributed by atoms with Crippen LogP contribution in [0.25, 0.3) is 0 Å². The molecule has 0 atom stereocenters. The number of nitro benzene ring substituents is 1. The highest BCUT2D eigenvalue weighted by Crippen LogP contribution is 2.24. The van der Waals surface area contributed by atoms with E-state index in [1.165, 1.54) is 24.3 Å². The monoisotopic (exact) mass is 367 g/mol. The van der Waals surface area contributed by atoms with Crippen LogP contribution >= 0.6 is 0 Å². The van der Waals surface area contributed by atoms with Crippen molar-refractivity contribution in [3.05, 3.63) is 58.1 Å². The number of non-ortho nitro benzene ring substituents is 1. The van der Waals surface area contributed by atoms with Crippen LogP contribution in [0.3, 0.4) is 0 Å². The molecule has 2 rings (SSSR count). The Bertz CT molecular complexity index is 923. The van der Waals surface area contributed by atoms with Crippen molar-refractivity contribution in [2.75, 3.05) is 12.4 Å². The molecule has 0 radical (unpaired) electrons. The first-order valence-corrected chi connectivity index (χ1v) is 8.52. The standard InChI is InChI=1S/C15H13NO8S/c17-14-9-11(4-5-13(14)15(18)19)24-6-7-25(22,23)12-3-1-2-10(8-12)16(20)21/h1-5,8-9,17H,6-7H2,(H,18,19). The summed E-state index contributed by atoms with van der Waals surface area (Å²) in [5.41, 5.74) is -0.646. The van der Waals surface area contributed by atoms with Gasteiger partial charge in [0.15, 0.2) is 9.84 Å². The number of carboxylic acids is 1. The largest absolute Gasteiger partial charge is 0.507 e. The first-order chi connectivity index (χ1) is 11.7. The van der Waals surface area contributed by atoms with Crippen molar-refractivity contribution < 1.29 is 33.1 Å². The lowest BCUT2D eigenvalue weighted by Crippen LogP contribution is -2.14. The summed E-state index contributed by atoms with van der Waals surface area (Å²) in [6.07, 6.45) is 0. The smallest absolute Gasteiger partial charge is 0.339 e. The quantitative estimate of drug-likeness (QED) is 0.557. The second-order valence-corrected chi connectivity index (χ2v) is 7.02. The van der Waals surface area contributed by atoms with Crippen LogP contribution in [0.2, 0.25) is 0 Å². The van der Waals surface area contributed by atoms with Crippen LogP contribution in [0.5, 0.6) is 11.5 Å². The van der Waals surface area contributed by atoms with Crippen LogP contribution < -0.4 is 4.74 Å². The van der Waals surface area contributed by atoms with E-state index in [1.807, 2.05) is 0 Å². The second-order valence-electron chi connectivity index (χ2n) is 4.91. The highest BCUT2D eigenvalue weighted by molar-refractivity contribution is 7.91. The molecule has 25 heavy (non-hydrogen) atoms. The van der Waals surface area contributed by atoms with Crippen molar-refractivity contribution in [1.82, 2.24) is 0 Å². The van der Waals surface area contributed by atoms with Crippen molar-refractivity contribution >= 4 is 21.5 Å². The van der Waals surface area contributed by atoms with Gasteiger partial charge in [-0.1, -0.05) is 6.07 Å². The molecule has 132 valence electrons. The molecule has 0 aliphatic heterocycles. The number of nitro groups is 1. The van der Waals surface area contributed by atoms with Gasteiger partial charge in [0.05, 0.1) is 15.6 Å². The van der Waals surface area contributed by atoms with Crippen LogP contribution in [0.1, 0.15) is 10.4 Å². The molecule has 0 aromatic heterocycles. The summed E-state index contributed by atoms with van der Waals surface area (Å²) in [7, 11) is -3.80. The van der Waals surface area contributed by atoms with E-state index in [0.717, 1.165) is 18.2 Å². The van der Waals surface area contributed by atoms with Crippen molar-refractivity contribution in [1.29, 1.82) is 0 Å². The predicted octanol–water partition coefficient (Wildman–Crippen LogP) is 1.85. The number of aromatic carboxylic acids is 1. The Kier molecular flexibility index (Phi) is 5.22. The molecule has 0 bridgehead atoms. The summed E-state index contributed by atoms with van der Waals surface area (Å²) >= 11 is 0. The Hall–Kier alpha value is -3.14. The molecule has 0 aliphatic carbocycles. The van der Waals surface area contributed by atoms with Gasteiger partial charge in [0, 0.05) is 18.2 Å². The molecule has 10 heteroatoms. The first-order valence-electron chi connectivity index (χ1n) is 6.87. The molecular formula is C15H13NO8S. The molecule has 0 fully saturated rings. The van der Waals surface area contributed by atoms with E-state index in [-0.39, 0.29) is 28.5 Å². The van der Waals surface area contributed by atoms with E-state index in [0.29, 0.717) is 0 Å². The summed E-state index contributed by atoms with van der Waals surface area (Å²) < 4.78 is 29.5. The van der Waals surface area contributed by atoms with E-state index < -0.39 is 32.2 Å². The van der Waals surface area contributed by atoms with Gasteiger partial charge in [-0.15, -0.1) is 0 Å². The third kappa shape index (κ3) is 4.44. The van der Waals surface area contributed by atoms with E-state index in [9.17, 15) is 28.4 Å². The number of ether oxygens (including phenoxy) is 1. The fourth-order valence-corrected chi connectivity index (χ4v) is 3.08. The maximum Gasteiger partial charge on any atom is 0.339 e. The lowest BCUT2D eigenvalue weighted by molar-refractivity contribution is -0.385. The van der Waals surface area contributed by atoms with E-state index in [4.69, 9.17) is 9.84 Å². The molecule has 0 heterocycles. The molecule has 0 saturated carbocycles. The molecule has 2 aromatic rings. The van der Waals surface area contributed by atoms with Crippen LogP contribution in [-0.2, 0) is 9.84 Å². The normalized spacial score (nSPS) is 11.0. The van der Waals surface area contributed by atoms with Crippen molar-refractivity contribution in [3.63, 3.8) is 0 Å². The van der Waals surface area contributed by atoms with Crippen molar-refractivity contribution in [3.8, 4) is 11.5 Å². The van der Waals surface area contributed by atoms with Crippen molar-refractivity contribution in [2.24, 2.45) is 0 Å². The minimum absolute atomic E-state index is 0.0942. The van der Waals surface area contributed by atoms with Gasteiger partial charge in [-0.3, -0.25) is 10.1 Å². The highest BCUT2D eigenvalue weighted by atomic mass is 32.2. The molecular weight excluding hydrogens is 354 g/mol. The maximum atomic E-state index is 12.2. The van der Waals surface area contributed by atoms with E-state index >= 15 is 0 Å². The number of hydrogen-bond acceptors (Lipinski definition) is 7. The number of sulfone groups is 1. The average Bonchev–Trinajstić information content (AvgIpc) is 2.54. The minimum Gasteiger partial charge on any atom is -0.507 e. The van der Waals surface area contributed by atoms with Gasteiger partial charge in [0.2, 0.25) is 0 Å². The Morgan fingerprint density at radius 2 is 1.92 bits per heavy atom. The molecule has 0 saturated heterocycles. The Balaban J connectivity index is 2.05. The number of rotatable bonds is 7. The summed E-state index contributed by atoms with van der Waals surface area (Å²) in [6, 6.07) is 8.13. The lowest BCUT2D eigenvalue weighted by atomic mass is 10.2. The first kappa shape index (κ1) is 18.2. The Morgan fingerprint density at radius 1 is 1.20 bits per heavy atom. The SMILES string of the molecule is O=C(O)c1ccc(OCCS(=O)(=O)c2cccc([N+](=O)[O-])c2)cc1O. The van der Waals surface area contributed by atoms with Crippen LogP contribution in [0, 0.1) is 10.1 Å². The van der Waals surface area contributed by atoms with Gasteiger partial charge in [0.1, 0.15) is 23.7 Å². The molecule has 0 amide bonds. The fourth-order valence-electron chi connectivity index (χ4n) is 1.96. The zero-order chi connectivity index (χ0) is 18.6. The number of carbonyl (C=O) groups is 1. The topological polar surface area (TPSA) is 144 Å². The van der Waals surface area contributed by atoms with Gasteiger partial charge in [-0.25, -0.2) is 13.2 Å². The molecule has 0 spiro atoms. The molecule has 0 unspecified atom stereocenters.